The highest BCUT2D eigenvalue weighted by molar-refractivity contribution is 5.97. The van der Waals surface area contributed by atoms with Gasteiger partial charge in [0.25, 0.3) is 5.91 Å². The molecule has 7 nitrogen and oxygen atoms in total. The van der Waals surface area contributed by atoms with Crippen LogP contribution in [0.1, 0.15) is 29.8 Å². The van der Waals surface area contributed by atoms with Gasteiger partial charge in [-0.2, -0.15) is 0 Å². The molecule has 1 aliphatic heterocycles. The molecule has 0 spiro atoms. The fourth-order valence-electron chi connectivity index (χ4n) is 3.05. The molecule has 1 amide bonds. The molecule has 1 aromatic rings. The van der Waals surface area contributed by atoms with E-state index in [2.05, 4.69) is 28.6 Å². The van der Waals surface area contributed by atoms with Crippen LogP contribution in [0, 0.1) is 17.8 Å². The average Bonchev–Trinajstić information content (AvgIpc) is 2.63. The molecule has 1 aromatic heterocycles. The van der Waals surface area contributed by atoms with Crippen molar-refractivity contribution < 1.29 is 14.6 Å². The molecule has 28 heavy (non-hydrogen) atoms. The second kappa shape index (κ2) is 9.87. The Balaban J connectivity index is 2.45. The van der Waals surface area contributed by atoms with E-state index in [1.165, 1.54) is 0 Å². The third kappa shape index (κ3) is 5.68. The van der Waals surface area contributed by atoms with Gasteiger partial charge in [0.15, 0.2) is 0 Å². The number of aromatic nitrogens is 1. The Bertz CT molecular complexity index is 739. The Morgan fingerprint density at radius 1 is 1.36 bits per heavy atom. The summed E-state index contributed by atoms with van der Waals surface area (Å²) >= 11 is 0. The van der Waals surface area contributed by atoms with E-state index in [0.29, 0.717) is 36.6 Å². The maximum atomic E-state index is 13.2. The fourth-order valence-corrected chi connectivity index (χ4v) is 3.05. The average molecular weight is 389 g/mol. The number of likely N-dealkylation sites (N-methyl/N-ethyl adjacent to an activating group) is 1. The number of rotatable bonds is 5. The van der Waals surface area contributed by atoms with Crippen molar-refractivity contribution in [3.8, 4) is 17.7 Å². The van der Waals surface area contributed by atoms with Gasteiger partial charge in [-0.25, -0.2) is 4.98 Å². The number of hydrogen-bond acceptors (Lipinski definition) is 6. The minimum Gasteiger partial charge on any atom is -0.472 e. The Hall–Kier alpha value is -2.14. The monoisotopic (exact) mass is 388 g/mol. The summed E-state index contributed by atoms with van der Waals surface area (Å²) in [5, 5.41) is 9.66. The molecule has 1 aliphatic rings. The van der Waals surface area contributed by atoms with Crippen LogP contribution in [-0.2, 0) is 0 Å². The van der Waals surface area contributed by atoms with Gasteiger partial charge in [0.05, 0.1) is 19.2 Å². The molecule has 0 radical (unpaired) electrons. The second-order valence-corrected chi connectivity index (χ2v) is 8.00. The van der Waals surface area contributed by atoms with Gasteiger partial charge in [0.2, 0.25) is 5.88 Å². The smallest absolute Gasteiger partial charge is 0.259 e. The van der Waals surface area contributed by atoms with E-state index in [4.69, 9.17) is 4.74 Å². The van der Waals surface area contributed by atoms with E-state index in [1.54, 1.807) is 17.2 Å². The van der Waals surface area contributed by atoms with Crippen LogP contribution in [0.5, 0.6) is 5.88 Å². The highest BCUT2D eigenvalue weighted by atomic mass is 16.5. The molecular formula is C21H32N4O3. The van der Waals surface area contributed by atoms with Crippen molar-refractivity contribution >= 4 is 5.91 Å². The van der Waals surface area contributed by atoms with E-state index in [0.717, 1.165) is 0 Å². The Morgan fingerprint density at radius 3 is 2.68 bits per heavy atom. The predicted molar refractivity (Wildman–Crippen MR) is 109 cm³/mol. The first-order valence-electron chi connectivity index (χ1n) is 9.59. The minimum atomic E-state index is -0.288. The van der Waals surface area contributed by atoms with Crippen molar-refractivity contribution in [2.24, 2.45) is 5.92 Å². The zero-order valence-electron chi connectivity index (χ0n) is 17.8. The van der Waals surface area contributed by atoms with Crippen molar-refractivity contribution in [2.45, 2.75) is 26.0 Å². The first kappa shape index (κ1) is 22.2. The Labute approximate surface area is 168 Å². The number of amides is 1. The van der Waals surface area contributed by atoms with Gasteiger partial charge in [-0.05, 0) is 41.2 Å². The minimum absolute atomic E-state index is 0.0925. The number of fused-ring (bicyclic) bond motifs is 1. The Kier molecular flexibility index (Phi) is 7.81. The summed E-state index contributed by atoms with van der Waals surface area (Å²) < 4.78 is 6.17. The summed E-state index contributed by atoms with van der Waals surface area (Å²) in [5.41, 5.74) is 1.07. The highest BCUT2D eigenvalue weighted by Crippen LogP contribution is 2.27. The van der Waals surface area contributed by atoms with Gasteiger partial charge in [-0.3, -0.25) is 9.69 Å². The standard InChI is InChI=1S/C21H32N4O3/c1-15-12-25(16(2)14-26)21(27)18-10-17(8-7-9-23(3)4)11-22-20(18)28-19(15)13-24(5)6/h10-11,15-16,19,26H,9,12-14H2,1-6H3/t15-,16+,19-/m1/s1. The second-order valence-electron chi connectivity index (χ2n) is 8.00. The van der Waals surface area contributed by atoms with Gasteiger partial charge >= 0.3 is 0 Å². The van der Waals surface area contributed by atoms with Gasteiger partial charge in [-0.15, -0.1) is 0 Å². The summed E-state index contributed by atoms with van der Waals surface area (Å²) in [6.07, 6.45) is 1.53. The van der Waals surface area contributed by atoms with Crippen molar-refractivity contribution in [1.29, 1.82) is 0 Å². The molecule has 2 heterocycles. The zero-order chi connectivity index (χ0) is 20.8. The molecule has 0 saturated heterocycles. The molecule has 0 saturated carbocycles. The first-order chi connectivity index (χ1) is 13.2. The summed E-state index contributed by atoms with van der Waals surface area (Å²) in [5.74, 6) is 6.35. The number of pyridine rings is 1. The van der Waals surface area contributed by atoms with Crippen LogP contribution >= 0.6 is 0 Å². The van der Waals surface area contributed by atoms with Crippen LogP contribution in [-0.4, -0.2) is 97.3 Å². The van der Waals surface area contributed by atoms with E-state index in [-0.39, 0.29) is 30.6 Å². The Morgan fingerprint density at radius 2 is 2.07 bits per heavy atom. The number of aliphatic hydroxyl groups excluding tert-OH is 1. The van der Waals surface area contributed by atoms with Crippen LogP contribution in [0.4, 0.5) is 0 Å². The van der Waals surface area contributed by atoms with E-state index < -0.39 is 0 Å². The lowest BCUT2D eigenvalue weighted by atomic mass is 10.00. The van der Waals surface area contributed by atoms with Gasteiger partial charge in [0.1, 0.15) is 11.7 Å². The maximum absolute atomic E-state index is 13.2. The van der Waals surface area contributed by atoms with Crippen molar-refractivity contribution in [3.63, 3.8) is 0 Å². The van der Waals surface area contributed by atoms with Crippen molar-refractivity contribution in [3.05, 3.63) is 23.4 Å². The van der Waals surface area contributed by atoms with Crippen LogP contribution < -0.4 is 4.74 Å². The molecule has 0 unspecified atom stereocenters. The van der Waals surface area contributed by atoms with E-state index >= 15 is 0 Å². The molecule has 3 atom stereocenters. The molecule has 0 aliphatic carbocycles. The lowest BCUT2D eigenvalue weighted by Crippen LogP contribution is -2.49. The van der Waals surface area contributed by atoms with Gasteiger partial charge in [-0.1, -0.05) is 18.8 Å². The van der Waals surface area contributed by atoms with Crippen LogP contribution in [0.25, 0.3) is 0 Å². The topological polar surface area (TPSA) is 69.1 Å². The summed E-state index contributed by atoms with van der Waals surface area (Å²) in [6.45, 7) is 5.66. The van der Waals surface area contributed by atoms with Crippen molar-refractivity contribution in [1.82, 2.24) is 19.7 Å². The SMILES string of the molecule is C[C@@H]1CN([C@@H](C)CO)C(=O)c2cc(C#CCN(C)C)cnc2O[C@@H]1CN(C)C. The number of carbonyl (C=O) groups is 1. The van der Waals surface area contributed by atoms with Crippen LogP contribution in [0.3, 0.4) is 0 Å². The number of hydrogen-bond donors (Lipinski definition) is 1. The molecule has 7 heteroatoms. The molecule has 0 bridgehead atoms. The maximum Gasteiger partial charge on any atom is 0.259 e. The number of ether oxygens (including phenoxy) is 1. The largest absolute Gasteiger partial charge is 0.472 e. The van der Waals surface area contributed by atoms with E-state index in [1.807, 2.05) is 40.0 Å². The van der Waals surface area contributed by atoms with E-state index in [9.17, 15) is 9.90 Å². The number of carbonyl (C=O) groups excluding carboxylic acids is 1. The van der Waals surface area contributed by atoms with Crippen LogP contribution in [0.2, 0.25) is 0 Å². The fraction of sp³-hybridized carbons (Fsp3) is 0.619. The summed E-state index contributed by atoms with van der Waals surface area (Å²) in [4.78, 5) is 23.4. The molecule has 0 aromatic carbocycles. The molecule has 154 valence electrons. The summed E-state index contributed by atoms with van der Waals surface area (Å²) in [7, 11) is 7.88. The van der Waals surface area contributed by atoms with Crippen molar-refractivity contribution in [2.75, 3.05) is 54.4 Å². The molecule has 2 rings (SSSR count). The predicted octanol–water partition coefficient (Wildman–Crippen LogP) is 0.776. The first-order valence-corrected chi connectivity index (χ1v) is 9.59. The zero-order valence-corrected chi connectivity index (χ0v) is 17.8. The van der Waals surface area contributed by atoms with Gasteiger partial charge in [0, 0.05) is 30.8 Å². The van der Waals surface area contributed by atoms with Gasteiger partial charge < -0.3 is 19.6 Å². The number of aliphatic hydroxyl groups is 1. The number of nitrogens with zero attached hydrogens (tertiary/aromatic N) is 4. The molecule has 0 fully saturated rings. The quantitative estimate of drug-likeness (QED) is 0.752. The third-order valence-corrected chi connectivity index (χ3v) is 4.69. The molecular weight excluding hydrogens is 356 g/mol. The molecule has 1 N–H and O–H groups in total. The lowest BCUT2D eigenvalue weighted by Gasteiger charge is -2.37. The third-order valence-electron chi connectivity index (χ3n) is 4.69. The normalized spacial score (nSPS) is 20.8. The summed E-state index contributed by atoms with van der Waals surface area (Å²) in [6, 6.07) is 1.46. The highest BCUT2D eigenvalue weighted by Gasteiger charge is 2.33. The van der Waals surface area contributed by atoms with Crippen LogP contribution in [0.15, 0.2) is 12.3 Å². The lowest BCUT2D eigenvalue weighted by molar-refractivity contribution is 0.0348.